The Hall–Kier alpha value is -2.99. The lowest BCUT2D eigenvalue weighted by atomic mass is 10.1. The van der Waals surface area contributed by atoms with Crippen LogP contribution in [0.5, 0.6) is 0 Å². The zero-order valence-corrected chi connectivity index (χ0v) is 17.2. The van der Waals surface area contributed by atoms with E-state index in [1.54, 1.807) is 13.8 Å². The number of hydrogen-bond acceptors (Lipinski definition) is 4. The highest BCUT2D eigenvalue weighted by Crippen LogP contribution is 2.27. The van der Waals surface area contributed by atoms with Crippen LogP contribution in [0.15, 0.2) is 40.4 Å². The summed E-state index contributed by atoms with van der Waals surface area (Å²) in [6.45, 7) is 12.1. The largest absolute Gasteiger partial charge is 0.340 e. The highest BCUT2D eigenvalue weighted by atomic mass is 32.1. The predicted molar refractivity (Wildman–Crippen MR) is 115 cm³/mol. The van der Waals surface area contributed by atoms with Crippen molar-refractivity contribution in [1.82, 2.24) is 14.0 Å². The zero-order valence-electron chi connectivity index (χ0n) is 16.4. The normalized spacial score (nSPS) is 12.4. The molecule has 0 radical (unpaired) electrons. The summed E-state index contributed by atoms with van der Waals surface area (Å²) >= 11 is 1.25. The molecular weight excluding hydrogens is 370 g/mol. The number of rotatable bonds is 3. The standard InChI is InChI=1S/C22H21N3O2S/c1-6-9-24-15(5)16(17-10-12(2)7-8-18(17)24)11-19-21(27)25-20(26)13(3)14(4)23-22(25)28-19/h6-8,10-11H,1,9H2,2-5H3/b19-11-. The Kier molecular flexibility index (Phi) is 4.31. The molecule has 0 aliphatic carbocycles. The number of nitrogens with zero attached hydrogens (tertiary/aromatic N) is 3. The molecule has 0 bridgehead atoms. The van der Waals surface area contributed by atoms with Crippen LogP contribution < -0.4 is 15.7 Å². The summed E-state index contributed by atoms with van der Waals surface area (Å²) in [4.78, 5) is 30.4. The van der Waals surface area contributed by atoms with E-state index in [9.17, 15) is 9.59 Å². The Balaban J connectivity index is 2.10. The van der Waals surface area contributed by atoms with Gasteiger partial charge in [0, 0.05) is 40.0 Å². The van der Waals surface area contributed by atoms with Gasteiger partial charge in [0.25, 0.3) is 11.1 Å². The maximum atomic E-state index is 12.9. The predicted octanol–water partition coefficient (Wildman–Crippen LogP) is 3.04. The molecule has 0 aliphatic heterocycles. The van der Waals surface area contributed by atoms with Gasteiger partial charge in [-0.25, -0.2) is 9.38 Å². The average Bonchev–Trinajstić information content (AvgIpc) is 3.09. The average molecular weight is 391 g/mol. The smallest absolute Gasteiger partial charge is 0.277 e. The highest BCUT2D eigenvalue weighted by Gasteiger charge is 2.15. The number of benzene rings is 1. The molecule has 4 rings (SSSR count). The maximum absolute atomic E-state index is 12.9. The third-order valence-electron chi connectivity index (χ3n) is 5.25. The third kappa shape index (κ3) is 2.64. The zero-order chi connectivity index (χ0) is 20.2. The van der Waals surface area contributed by atoms with Crippen LogP contribution in [-0.4, -0.2) is 14.0 Å². The van der Waals surface area contributed by atoms with Crippen molar-refractivity contribution in [3.05, 3.63) is 84.2 Å². The number of fused-ring (bicyclic) bond motifs is 2. The number of aromatic nitrogens is 3. The van der Waals surface area contributed by atoms with Crippen molar-refractivity contribution in [1.29, 1.82) is 0 Å². The molecule has 0 fully saturated rings. The van der Waals surface area contributed by atoms with E-state index in [1.165, 1.54) is 15.7 Å². The second kappa shape index (κ2) is 6.56. The summed E-state index contributed by atoms with van der Waals surface area (Å²) in [5, 5.41) is 1.09. The van der Waals surface area contributed by atoms with Crippen molar-refractivity contribution >= 4 is 33.3 Å². The Labute approximate surface area is 165 Å². The van der Waals surface area contributed by atoms with E-state index in [-0.39, 0.29) is 11.1 Å². The van der Waals surface area contributed by atoms with Gasteiger partial charge in [0.2, 0.25) is 4.96 Å². The Morgan fingerprint density at radius 1 is 1.14 bits per heavy atom. The molecule has 0 atom stereocenters. The van der Waals surface area contributed by atoms with Gasteiger partial charge in [-0.3, -0.25) is 9.59 Å². The fourth-order valence-electron chi connectivity index (χ4n) is 3.58. The van der Waals surface area contributed by atoms with Crippen molar-refractivity contribution in [3.63, 3.8) is 0 Å². The van der Waals surface area contributed by atoms with Crippen LogP contribution >= 0.6 is 11.3 Å². The van der Waals surface area contributed by atoms with Gasteiger partial charge in [0.05, 0.1) is 4.53 Å². The molecule has 3 heterocycles. The van der Waals surface area contributed by atoms with Crippen molar-refractivity contribution in [3.8, 4) is 0 Å². The van der Waals surface area contributed by atoms with Gasteiger partial charge in [-0.05, 0) is 45.9 Å². The minimum absolute atomic E-state index is 0.287. The lowest BCUT2D eigenvalue weighted by Crippen LogP contribution is -2.32. The van der Waals surface area contributed by atoms with Gasteiger partial charge in [-0.1, -0.05) is 29.0 Å². The third-order valence-corrected chi connectivity index (χ3v) is 6.22. The molecule has 0 saturated heterocycles. The SMILES string of the molecule is C=CCn1c(C)c(/C=c2\sc3nc(C)c(C)c(=O)n3c2=O)c2cc(C)ccc21. The first-order chi connectivity index (χ1) is 13.3. The molecule has 0 spiro atoms. The molecule has 0 amide bonds. The maximum Gasteiger partial charge on any atom is 0.277 e. The fraction of sp³-hybridized carbons (Fsp3) is 0.227. The van der Waals surface area contributed by atoms with Gasteiger partial charge in [-0.15, -0.1) is 6.58 Å². The van der Waals surface area contributed by atoms with E-state index in [0.717, 1.165) is 27.7 Å². The summed E-state index contributed by atoms with van der Waals surface area (Å²) in [6, 6.07) is 6.31. The second-order valence-corrected chi connectivity index (χ2v) is 8.09. The lowest BCUT2D eigenvalue weighted by Gasteiger charge is -2.04. The number of hydrogen-bond donors (Lipinski definition) is 0. The van der Waals surface area contributed by atoms with Gasteiger partial charge in [-0.2, -0.15) is 0 Å². The molecule has 142 valence electrons. The van der Waals surface area contributed by atoms with Crippen LogP contribution in [0.3, 0.4) is 0 Å². The van der Waals surface area contributed by atoms with Crippen LogP contribution in [0.25, 0.3) is 21.9 Å². The van der Waals surface area contributed by atoms with E-state index < -0.39 is 0 Å². The van der Waals surface area contributed by atoms with Gasteiger partial charge >= 0.3 is 0 Å². The molecule has 0 aliphatic rings. The van der Waals surface area contributed by atoms with Crippen molar-refractivity contribution in [2.45, 2.75) is 34.2 Å². The van der Waals surface area contributed by atoms with Crippen LogP contribution in [-0.2, 0) is 6.54 Å². The summed E-state index contributed by atoms with van der Waals surface area (Å²) in [6.07, 6.45) is 3.76. The summed E-state index contributed by atoms with van der Waals surface area (Å²) in [5.74, 6) is 0. The first-order valence-corrected chi connectivity index (χ1v) is 9.90. The summed E-state index contributed by atoms with van der Waals surface area (Å²) < 4.78 is 3.88. The van der Waals surface area contributed by atoms with Crippen molar-refractivity contribution in [2.75, 3.05) is 0 Å². The molecule has 3 aromatic heterocycles. The Bertz CT molecular complexity index is 1440. The Morgan fingerprint density at radius 3 is 2.61 bits per heavy atom. The molecule has 6 heteroatoms. The van der Waals surface area contributed by atoms with Crippen LogP contribution in [0, 0.1) is 27.7 Å². The first-order valence-electron chi connectivity index (χ1n) is 9.08. The fourth-order valence-corrected chi connectivity index (χ4v) is 4.57. The molecule has 0 saturated carbocycles. The quantitative estimate of drug-likeness (QED) is 0.505. The molecule has 0 unspecified atom stereocenters. The molecule has 4 aromatic rings. The molecule has 0 N–H and O–H groups in total. The second-order valence-electron chi connectivity index (χ2n) is 7.08. The summed E-state index contributed by atoms with van der Waals surface area (Å²) in [5.41, 5.74) is 4.88. The number of aryl methyl sites for hydroxylation is 2. The van der Waals surface area contributed by atoms with Crippen LogP contribution in [0.1, 0.15) is 28.1 Å². The number of thiazole rings is 1. The van der Waals surface area contributed by atoms with Crippen LogP contribution in [0.4, 0.5) is 0 Å². The van der Waals surface area contributed by atoms with E-state index in [0.29, 0.717) is 27.3 Å². The van der Waals surface area contributed by atoms with E-state index >= 15 is 0 Å². The minimum atomic E-state index is -0.308. The topological polar surface area (TPSA) is 56.4 Å². The van der Waals surface area contributed by atoms with E-state index in [4.69, 9.17) is 0 Å². The number of allylic oxidation sites excluding steroid dienone is 1. The van der Waals surface area contributed by atoms with Gasteiger partial charge in [0.15, 0.2) is 0 Å². The highest BCUT2D eigenvalue weighted by molar-refractivity contribution is 7.15. The molecular formula is C22H21N3O2S. The molecule has 28 heavy (non-hydrogen) atoms. The van der Waals surface area contributed by atoms with E-state index in [1.807, 2.05) is 19.1 Å². The Morgan fingerprint density at radius 2 is 1.89 bits per heavy atom. The van der Waals surface area contributed by atoms with Crippen LogP contribution in [0.2, 0.25) is 0 Å². The van der Waals surface area contributed by atoms with Crippen molar-refractivity contribution in [2.24, 2.45) is 0 Å². The molecule has 1 aromatic carbocycles. The minimum Gasteiger partial charge on any atom is -0.340 e. The van der Waals surface area contributed by atoms with Gasteiger partial charge in [0.1, 0.15) is 0 Å². The monoisotopic (exact) mass is 391 g/mol. The first kappa shape index (κ1) is 18.4. The molecule has 5 nitrogen and oxygen atoms in total. The van der Waals surface area contributed by atoms with Gasteiger partial charge < -0.3 is 4.57 Å². The summed E-state index contributed by atoms with van der Waals surface area (Å²) in [7, 11) is 0. The van der Waals surface area contributed by atoms with Crippen molar-refractivity contribution < 1.29 is 0 Å². The van der Waals surface area contributed by atoms with E-state index in [2.05, 4.69) is 41.3 Å². The lowest BCUT2D eigenvalue weighted by molar-refractivity contribution is 0.828.